The second-order valence-electron chi connectivity index (χ2n) is 6.44. The number of nitrogens with zero attached hydrogens (tertiary/aromatic N) is 1. The Morgan fingerprint density at radius 3 is 2.00 bits per heavy atom. The highest BCUT2D eigenvalue weighted by Gasteiger charge is 2.31. The van der Waals surface area contributed by atoms with Crippen LogP contribution in [0, 0.1) is 11.3 Å². The van der Waals surface area contributed by atoms with Gasteiger partial charge in [0.1, 0.15) is 5.57 Å². The molecule has 4 rings (SSSR count). The Kier molecular flexibility index (Phi) is 4.90. The SMILES string of the molecule is N#Cc1ccc(-c2ccc(/C=C3\OC(=O)C(c4ccc(Cl)cc4)=C3O)cc2)cc1. The Labute approximate surface area is 172 Å². The zero-order valence-corrected chi connectivity index (χ0v) is 15.9. The van der Waals surface area contributed by atoms with Gasteiger partial charge >= 0.3 is 5.97 Å². The van der Waals surface area contributed by atoms with Gasteiger partial charge in [0.25, 0.3) is 0 Å². The molecule has 0 aromatic heterocycles. The molecule has 0 saturated carbocycles. The van der Waals surface area contributed by atoms with Gasteiger partial charge < -0.3 is 9.84 Å². The van der Waals surface area contributed by atoms with Gasteiger partial charge in [0, 0.05) is 5.02 Å². The van der Waals surface area contributed by atoms with E-state index in [1.54, 1.807) is 42.5 Å². The van der Waals surface area contributed by atoms with Gasteiger partial charge in [-0.2, -0.15) is 5.26 Å². The average Bonchev–Trinajstić information content (AvgIpc) is 3.02. The van der Waals surface area contributed by atoms with Gasteiger partial charge in [-0.3, -0.25) is 0 Å². The summed E-state index contributed by atoms with van der Waals surface area (Å²) in [6.07, 6.45) is 1.61. The number of carbonyl (C=O) groups excluding carboxylic acids is 1. The minimum Gasteiger partial charge on any atom is -0.504 e. The molecule has 0 aliphatic carbocycles. The first kappa shape index (κ1) is 18.5. The molecule has 140 valence electrons. The monoisotopic (exact) mass is 399 g/mol. The third-order valence-corrected chi connectivity index (χ3v) is 4.82. The molecule has 1 heterocycles. The molecule has 29 heavy (non-hydrogen) atoms. The van der Waals surface area contributed by atoms with E-state index in [9.17, 15) is 9.90 Å². The maximum absolute atomic E-state index is 12.2. The van der Waals surface area contributed by atoms with Gasteiger partial charge in [-0.25, -0.2) is 4.79 Å². The Morgan fingerprint density at radius 2 is 1.41 bits per heavy atom. The average molecular weight is 400 g/mol. The van der Waals surface area contributed by atoms with Crippen molar-refractivity contribution < 1.29 is 14.6 Å². The maximum Gasteiger partial charge on any atom is 0.348 e. The number of hydrogen-bond acceptors (Lipinski definition) is 4. The summed E-state index contributed by atoms with van der Waals surface area (Å²) < 4.78 is 5.25. The highest BCUT2D eigenvalue weighted by atomic mass is 35.5. The predicted octanol–water partition coefficient (Wildman–Crippen LogP) is 5.75. The van der Waals surface area contributed by atoms with Crippen LogP contribution in [-0.4, -0.2) is 11.1 Å². The van der Waals surface area contributed by atoms with Gasteiger partial charge in [0.15, 0.2) is 11.5 Å². The van der Waals surface area contributed by atoms with Crippen LogP contribution < -0.4 is 0 Å². The van der Waals surface area contributed by atoms with Crippen LogP contribution in [0.5, 0.6) is 0 Å². The van der Waals surface area contributed by atoms with E-state index in [2.05, 4.69) is 6.07 Å². The number of cyclic esters (lactones) is 1. The van der Waals surface area contributed by atoms with Gasteiger partial charge in [0.2, 0.25) is 0 Å². The van der Waals surface area contributed by atoms with Crippen molar-refractivity contribution in [1.29, 1.82) is 5.26 Å². The highest BCUT2D eigenvalue weighted by Crippen LogP contribution is 2.33. The molecule has 3 aromatic carbocycles. The number of carbonyl (C=O) groups is 1. The second-order valence-corrected chi connectivity index (χ2v) is 6.88. The summed E-state index contributed by atoms with van der Waals surface area (Å²) in [5, 5.41) is 19.9. The molecule has 0 spiro atoms. The quantitative estimate of drug-likeness (QED) is 0.569. The van der Waals surface area contributed by atoms with Gasteiger partial charge in [0.05, 0.1) is 11.6 Å². The third kappa shape index (κ3) is 3.77. The molecular formula is C24H14ClNO3. The van der Waals surface area contributed by atoms with Crippen molar-refractivity contribution in [3.63, 3.8) is 0 Å². The molecule has 5 heteroatoms. The highest BCUT2D eigenvalue weighted by molar-refractivity contribution is 6.30. The Hall–Kier alpha value is -3.81. The first-order valence-corrected chi connectivity index (χ1v) is 9.17. The molecule has 0 fully saturated rings. The van der Waals surface area contributed by atoms with E-state index < -0.39 is 5.97 Å². The second kappa shape index (κ2) is 7.67. The number of hydrogen-bond donors (Lipinski definition) is 1. The fourth-order valence-electron chi connectivity index (χ4n) is 3.05. The smallest absolute Gasteiger partial charge is 0.348 e. The molecule has 1 aliphatic heterocycles. The standard InChI is InChI=1S/C24H14ClNO3/c25-20-11-9-19(10-12-20)22-23(27)21(29-24(22)28)13-15-1-5-17(6-2-15)18-7-3-16(14-26)4-8-18/h1-13,27H/b21-13-. The van der Waals surface area contributed by atoms with Crippen molar-refractivity contribution in [2.24, 2.45) is 0 Å². The van der Waals surface area contributed by atoms with Crippen LogP contribution in [0.2, 0.25) is 5.02 Å². The first-order chi connectivity index (χ1) is 14.0. The van der Waals surface area contributed by atoms with E-state index in [0.717, 1.165) is 16.7 Å². The van der Waals surface area contributed by atoms with E-state index in [-0.39, 0.29) is 17.1 Å². The van der Waals surface area contributed by atoms with Gasteiger partial charge in [-0.15, -0.1) is 0 Å². The summed E-state index contributed by atoms with van der Waals surface area (Å²) in [4.78, 5) is 12.2. The fraction of sp³-hybridized carbons (Fsp3) is 0. The van der Waals surface area contributed by atoms with Crippen molar-refractivity contribution in [3.05, 3.63) is 106 Å². The Balaban J connectivity index is 1.61. The molecule has 1 aliphatic rings. The van der Waals surface area contributed by atoms with Gasteiger partial charge in [-0.1, -0.05) is 60.1 Å². The number of esters is 1. The van der Waals surface area contributed by atoms with Crippen LogP contribution in [-0.2, 0) is 9.53 Å². The minimum absolute atomic E-state index is 0.103. The molecule has 3 aromatic rings. The largest absolute Gasteiger partial charge is 0.504 e. The summed E-state index contributed by atoms with van der Waals surface area (Å²) in [5.41, 5.74) is 4.01. The number of nitriles is 1. The molecule has 0 atom stereocenters. The number of rotatable bonds is 3. The Morgan fingerprint density at radius 1 is 0.862 bits per heavy atom. The zero-order valence-electron chi connectivity index (χ0n) is 15.1. The normalized spacial score (nSPS) is 14.8. The van der Waals surface area contributed by atoms with Crippen LogP contribution in [0.15, 0.2) is 84.3 Å². The Bertz CT molecular complexity index is 1180. The minimum atomic E-state index is -0.606. The topological polar surface area (TPSA) is 70.3 Å². The number of benzene rings is 3. The molecule has 0 bridgehead atoms. The predicted molar refractivity (Wildman–Crippen MR) is 112 cm³/mol. The summed E-state index contributed by atoms with van der Waals surface area (Å²) in [7, 11) is 0. The van der Waals surface area contributed by atoms with Crippen LogP contribution in [0.1, 0.15) is 16.7 Å². The van der Waals surface area contributed by atoms with E-state index in [1.165, 1.54) is 0 Å². The van der Waals surface area contributed by atoms with Crippen molar-refractivity contribution in [2.75, 3.05) is 0 Å². The van der Waals surface area contributed by atoms with Crippen molar-refractivity contribution in [2.45, 2.75) is 0 Å². The molecule has 0 saturated heterocycles. The van der Waals surface area contributed by atoms with Gasteiger partial charge in [-0.05, 0) is 52.6 Å². The number of ether oxygens (including phenoxy) is 1. The van der Waals surface area contributed by atoms with Crippen molar-refractivity contribution in [1.82, 2.24) is 0 Å². The number of aliphatic hydroxyl groups is 1. The van der Waals surface area contributed by atoms with Crippen molar-refractivity contribution >= 4 is 29.2 Å². The van der Waals surface area contributed by atoms with E-state index in [1.807, 2.05) is 36.4 Å². The number of aliphatic hydroxyl groups excluding tert-OH is 1. The lowest BCUT2D eigenvalue weighted by Gasteiger charge is -2.03. The van der Waals surface area contributed by atoms with E-state index in [4.69, 9.17) is 21.6 Å². The summed E-state index contributed by atoms with van der Waals surface area (Å²) in [5.74, 6) is -0.704. The molecule has 4 nitrogen and oxygen atoms in total. The van der Waals surface area contributed by atoms with Crippen molar-refractivity contribution in [3.8, 4) is 17.2 Å². The zero-order chi connectivity index (χ0) is 20.4. The molecule has 0 unspecified atom stereocenters. The summed E-state index contributed by atoms with van der Waals surface area (Å²) >= 11 is 5.88. The van der Waals surface area contributed by atoms with Crippen LogP contribution in [0.25, 0.3) is 22.8 Å². The lowest BCUT2D eigenvalue weighted by molar-refractivity contribution is -0.131. The van der Waals surface area contributed by atoms with Crippen LogP contribution in [0.4, 0.5) is 0 Å². The fourth-order valence-corrected chi connectivity index (χ4v) is 3.17. The molecule has 0 amide bonds. The van der Waals surface area contributed by atoms with Crippen LogP contribution >= 0.6 is 11.6 Å². The number of halogens is 1. The lowest BCUT2D eigenvalue weighted by atomic mass is 10.0. The van der Waals surface area contributed by atoms with Crippen LogP contribution in [0.3, 0.4) is 0 Å². The molecule has 1 N–H and O–H groups in total. The maximum atomic E-state index is 12.2. The molecule has 0 radical (unpaired) electrons. The van der Waals surface area contributed by atoms with E-state index >= 15 is 0 Å². The summed E-state index contributed by atoms with van der Waals surface area (Å²) in [6, 6.07) is 23.6. The molecular weight excluding hydrogens is 386 g/mol. The lowest BCUT2D eigenvalue weighted by Crippen LogP contribution is -1.98. The summed E-state index contributed by atoms with van der Waals surface area (Å²) in [6.45, 7) is 0. The van der Waals surface area contributed by atoms with E-state index in [0.29, 0.717) is 16.1 Å². The first-order valence-electron chi connectivity index (χ1n) is 8.79. The third-order valence-electron chi connectivity index (χ3n) is 4.57.